The largest absolute Gasteiger partial charge is 0.309 e. The van der Waals surface area contributed by atoms with Crippen molar-refractivity contribution < 1.29 is 0 Å². The van der Waals surface area contributed by atoms with Crippen molar-refractivity contribution >= 4 is 60.8 Å². The number of rotatable bonds is 6. The van der Waals surface area contributed by atoms with Gasteiger partial charge in [0.25, 0.3) is 0 Å². The van der Waals surface area contributed by atoms with Gasteiger partial charge in [0.1, 0.15) is 0 Å². The molecule has 0 saturated carbocycles. The van der Waals surface area contributed by atoms with Crippen LogP contribution in [-0.4, -0.2) is 24.5 Å². The number of para-hydroxylation sites is 2. The molecule has 0 atom stereocenters. The van der Waals surface area contributed by atoms with Crippen LogP contribution in [0.25, 0.3) is 105 Å². The fourth-order valence-electron chi connectivity index (χ4n) is 9.58. The van der Waals surface area contributed by atoms with Crippen LogP contribution in [0, 0.1) is 0 Å². The van der Waals surface area contributed by atoms with E-state index in [-0.39, 0.29) is 0 Å². The van der Waals surface area contributed by atoms with Crippen LogP contribution in [0.5, 0.6) is 0 Å². The number of hydrogen-bond donors (Lipinski definition) is 0. The van der Waals surface area contributed by atoms with E-state index in [1.165, 1.54) is 32.9 Å². The minimum atomic E-state index is 0.541. The maximum absolute atomic E-state index is 5.42. The van der Waals surface area contributed by atoms with Crippen molar-refractivity contribution in [2.24, 2.45) is 0 Å². The van der Waals surface area contributed by atoms with Gasteiger partial charge in [0.15, 0.2) is 11.6 Å². The van der Waals surface area contributed by atoms with E-state index >= 15 is 0 Å². The second-order valence-corrected chi connectivity index (χ2v) is 16.3. The molecule has 1 aliphatic rings. The lowest BCUT2D eigenvalue weighted by Gasteiger charge is -2.32. The molecule has 0 bridgehead atoms. The Morgan fingerprint density at radius 1 is 0.328 bits per heavy atom. The van der Waals surface area contributed by atoms with E-state index in [0.29, 0.717) is 17.6 Å². The van der Waals surface area contributed by atoms with Gasteiger partial charge in [0.2, 0.25) is 5.95 Å². The van der Waals surface area contributed by atoms with Gasteiger partial charge in [-0.1, -0.05) is 164 Å². The van der Waals surface area contributed by atoms with Crippen LogP contribution >= 0.6 is 0 Å². The molecule has 0 unspecified atom stereocenters. The number of hydrogen-bond acceptors (Lipinski definition) is 5. The monoisotopic (exact) mass is 816 g/mol. The molecule has 6 heteroatoms. The predicted octanol–water partition coefficient (Wildman–Crippen LogP) is 14.8. The van der Waals surface area contributed by atoms with Gasteiger partial charge in [0.05, 0.1) is 33.6 Å². The van der Waals surface area contributed by atoms with E-state index < -0.39 is 0 Å². The Kier molecular flexibility index (Phi) is 8.11. The van der Waals surface area contributed by atoms with E-state index in [1.807, 2.05) is 60.7 Å². The lowest BCUT2D eigenvalue weighted by Crippen LogP contribution is -2.19. The zero-order chi connectivity index (χ0) is 42.1. The summed E-state index contributed by atoms with van der Waals surface area (Å²) in [6, 6.07) is 76.9. The van der Waals surface area contributed by atoms with Gasteiger partial charge >= 0.3 is 0 Å². The first-order valence-electron chi connectivity index (χ1n) is 21.6. The Bertz CT molecular complexity index is 3710. The van der Waals surface area contributed by atoms with Crippen molar-refractivity contribution in [2.75, 3.05) is 4.90 Å². The third-order valence-electron chi connectivity index (χ3n) is 12.6. The van der Waals surface area contributed by atoms with Gasteiger partial charge in [-0.3, -0.25) is 4.90 Å². The lowest BCUT2D eigenvalue weighted by molar-refractivity contribution is 1.02. The summed E-state index contributed by atoms with van der Waals surface area (Å²) in [6.07, 6.45) is 0. The molecule has 0 N–H and O–H groups in total. The van der Waals surface area contributed by atoms with Crippen molar-refractivity contribution in [2.45, 2.75) is 0 Å². The van der Waals surface area contributed by atoms with Crippen molar-refractivity contribution in [1.29, 1.82) is 0 Å². The lowest BCUT2D eigenvalue weighted by atomic mass is 9.91. The molecule has 0 spiro atoms. The van der Waals surface area contributed by atoms with E-state index in [4.69, 9.17) is 19.9 Å². The van der Waals surface area contributed by atoms with Crippen LogP contribution in [0.2, 0.25) is 0 Å². The van der Waals surface area contributed by atoms with E-state index in [0.717, 1.165) is 72.2 Å². The molecule has 13 rings (SSSR count). The molecule has 0 radical (unpaired) electrons. The molecule has 6 nitrogen and oxygen atoms in total. The normalized spacial score (nSPS) is 12.0. The number of benzene rings is 9. The summed E-state index contributed by atoms with van der Waals surface area (Å²) < 4.78 is 2.38. The number of fused-ring (bicyclic) bond motifs is 7. The highest BCUT2D eigenvalue weighted by Gasteiger charge is 2.31. The Hall–Kier alpha value is -8.74. The minimum absolute atomic E-state index is 0.541. The van der Waals surface area contributed by atoms with Crippen molar-refractivity contribution in [1.82, 2.24) is 24.5 Å². The molecule has 4 heterocycles. The number of anilines is 3. The summed E-state index contributed by atoms with van der Waals surface area (Å²) in [5, 5.41) is 5.76. The Morgan fingerprint density at radius 2 is 0.891 bits per heavy atom. The maximum atomic E-state index is 5.42. The predicted molar refractivity (Wildman–Crippen MR) is 262 cm³/mol. The van der Waals surface area contributed by atoms with E-state index in [9.17, 15) is 0 Å². The number of pyridine rings is 1. The van der Waals surface area contributed by atoms with E-state index in [1.54, 1.807) is 0 Å². The van der Waals surface area contributed by atoms with Gasteiger partial charge in [-0.05, 0) is 82.2 Å². The van der Waals surface area contributed by atoms with Gasteiger partial charge in [-0.2, -0.15) is 9.97 Å². The summed E-state index contributed by atoms with van der Waals surface area (Å²) in [4.78, 5) is 23.1. The summed E-state index contributed by atoms with van der Waals surface area (Å²) in [5.74, 6) is 1.76. The quantitative estimate of drug-likeness (QED) is 0.156. The molecule has 64 heavy (non-hydrogen) atoms. The SMILES string of the molecule is c1ccc(-c2ccc3c(c2)c2ccccc2n3-c2ccc(-c3ccc4c(c3)-c3nc5ccccc5c5cccc(c35)N4c3nc(-c4ccccc4)nc(-c4ccccc4)n3)cc2)cc1. The van der Waals surface area contributed by atoms with Crippen LogP contribution in [0.4, 0.5) is 17.3 Å². The molecule has 0 saturated heterocycles. The molecule has 3 aromatic heterocycles. The van der Waals surface area contributed by atoms with Gasteiger partial charge in [0, 0.05) is 43.9 Å². The number of nitrogens with zero attached hydrogens (tertiary/aromatic N) is 6. The zero-order valence-corrected chi connectivity index (χ0v) is 34.5. The summed E-state index contributed by atoms with van der Waals surface area (Å²) in [6.45, 7) is 0. The second kappa shape index (κ2) is 14.4. The standard InChI is InChI=1S/C58H36N6/c1-4-15-37(16-5-1)41-29-33-51-47(35-41)45-22-11-13-25-50(45)63(51)43-31-27-38(28-32-43)42-30-34-52-48(36-42)55-54-46(44-21-10-12-24-49(44)59-55)23-14-26-53(54)64(52)58-61-56(39-17-6-2-7-18-39)60-57(62-58)40-19-8-3-9-20-40/h1-36H. The average Bonchev–Trinajstić information content (AvgIpc) is 3.71. The summed E-state index contributed by atoms with van der Waals surface area (Å²) in [7, 11) is 0. The van der Waals surface area contributed by atoms with Crippen LogP contribution in [0.1, 0.15) is 0 Å². The Balaban J connectivity index is 0.979. The fraction of sp³-hybridized carbons (Fsp3) is 0. The van der Waals surface area contributed by atoms with Crippen molar-refractivity contribution in [3.63, 3.8) is 0 Å². The first-order chi connectivity index (χ1) is 31.7. The molecule has 0 fully saturated rings. The van der Waals surface area contributed by atoms with Crippen molar-refractivity contribution in [3.05, 3.63) is 218 Å². The fourth-order valence-corrected chi connectivity index (χ4v) is 9.58. The third-order valence-corrected chi connectivity index (χ3v) is 12.6. The van der Waals surface area contributed by atoms with Crippen LogP contribution < -0.4 is 4.90 Å². The second-order valence-electron chi connectivity index (χ2n) is 16.3. The van der Waals surface area contributed by atoms with Gasteiger partial charge < -0.3 is 4.57 Å². The van der Waals surface area contributed by atoms with Crippen LogP contribution in [-0.2, 0) is 0 Å². The molecular weight excluding hydrogens is 781 g/mol. The molecule has 1 aliphatic heterocycles. The average molecular weight is 817 g/mol. The van der Waals surface area contributed by atoms with Crippen molar-refractivity contribution in [3.8, 4) is 62.0 Å². The first-order valence-corrected chi connectivity index (χ1v) is 21.6. The highest BCUT2D eigenvalue weighted by molar-refractivity contribution is 6.20. The minimum Gasteiger partial charge on any atom is -0.309 e. The first kappa shape index (κ1) is 36.0. The molecule has 0 amide bonds. The topological polar surface area (TPSA) is 59.7 Å². The highest BCUT2D eigenvalue weighted by atomic mass is 15.3. The molecule has 0 aliphatic carbocycles. The highest BCUT2D eigenvalue weighted by Crippen LogP contribution is 2.52. The zero-order valence-electron chi connectivity index (χ0n) is 34.5. The van der Waals surface area contributed by atoms with Gasteiger partial charge in [-0.15, -0.1) is 0 Å². The van der Waals surface area contributed by atoms with E-state index in [2.05, 4.69) is 167 Å². The van der Waals surface area contributed by atoms with Gasteiger partial charge in [-0.25, -0.2) is 9.97 Å². The Morgan fingerprint density at radius 3 is 1.62 bits per heavy atom. The summed E-state index contributed by atoms with van der Waals surface area (Å²) in [5.41, 5.74) is 14.8. The van der Waals surface area contributed by atoms with Crippen LogP contribution in [0.15, 0.2) is 218 Å². The summed E-state index contributed by atoms with van der Waals surface area (Å²) >= 11 is 0. The molecular formula is C58H36N6. The molecule has 12 aromatic rings. The third kappa shape index (κ3) is 5.73. The smallest absolute Gasteiger partial charge is 0.238 e. The molecule has 298 valence electrons. The number of aromatic nitrogens is 5. The van der Waals surface area contributed by atoms with Crippen LogP contribution in [0.3, 0.4) is 0 Å². The Labute approximate surface area is 369 Å². The molecule has 9 aromatic carbocycles. The maximum Gasteiger partial charge on any atom is 0.238 e.